The molecular weight excluding hydrogens is 367 g/mol. The van der Waals surface area contributed by atoms with Crippen molar-refractivity contribution in [3.63, 3.8) is 0 Å². The van der Waals surface area contributed by atoms with Crippen LogP contribution in [-0.4, -0.2) is 22.0 Å². The van der Waals surface area contributed by atoms with Crippen LogP contribution in [0.2, 0.25) is 0 Å². The van der Waals surface area contributed by atoms with E-state index in [-0.39, 0.29) is 17.5 Å². The summed E-state index contributed by atoms with van der Waals surface area (Å²) in [5.41, 5.74) is 0.822. The summed E-state index contributed by atoms with van der Waals surface area (Å²) in [5.74, 6) is 0.0268. The summed E-state index contributed by atoms with van der Waals surface area (Å²) < 4.78 is 38.3. The molecule has 0 saturated carbocycles. The van der Waals surface area contributed by atoms with E-state index < -0.39 is 17.3 Å². The average molecular weight is 389 g/mol. The highest BCUT2D eigenvalue weighted by atomic mass is 19.4. The lowest BCUT2D eigenvalue weighted by atomic mass is 9.88. The summed E-state index contributed by atoms with van der Waals surface area (Å²) in [7, 11) is 0. The smallest absolute Gasteiger partial charge is 0.350 e. The fourth-order valence-electron chi connectivity index (χ4n) is 4.38. The monoisotopic (exact) mass is 389 g/mol. The van der Waals surface area contributed by atoms with Gasteiger partial charge in [0.15, 0.2) is 0 Å². The Hall–Kier alpha value is -2.41. The van der Waals surface area contributed by atoms with Gasteiger partial charge in [-0.1, -0.05) is 12.1 Å². The normalized spacial score (nSPS) is 26.6. The molecule has 1 aromatic heterocycles. The van der Waals surface area contributed by atoms with Crippen molar-refractivity contribution in [2.45, 2.75) is 56.4 Å². The zero-order valence-electron chi connectivity index (χ0n) is 15.7. The van der Waals surface area contributed by atoms with E-state index in [9.17, 15) is 18.0 Å². The maximum Gasteiger partial charge on any atom is 0.416 e. The highest BCUT2D eigenvalue weighted by Gasteiger charge is 2.54. The molecule has 0 radical (unpaired) electrons. The summed E-state index contributed by atoms with van der Waals surface area (Å²) in [5, 5.41) is 6.51. The summed E-state index contributed by atoms with van der Waals surface area (Å²) in [6, 6.07) is 8.72. The Morgan fingerprint density at radius 3 is 2.43 bits per heavy atom. The third kappa shape index (κ3) is 3.39. The van der Waals surface area contributed by atoms with E-state index in [2.05, 4.69) is 15.6 Å². The minimum atomic E-state index is -4.35. The van der Waals surface area contributed by atoms with Crippen molar-refractivity contribution >= 4 is 5.91 Å². The second kappa shape index (κ2) is 6.30. The molecule has 1 amide bonds. The van der Waals surface area contributed by atoms with Gasteiger partial charge >= 0.3 is 6.18 Å². The number of rotatable bonds is 2. The Morgan fingerprint density at radius 1 is 1.11 bits per heavy atom. The SMILES string of the molecule is CC1(C)C[C@@]2(CC[C@H](c3cc(-c4ccc(C(F)(F)F)cc4)ccn3)N2)C(=O)N1. The van der Waals surface area contributed by atoms with Crippen molar-refractivity contribution in [2.75, 3.05) is 0 Å². The molecule has 3 heterocycles. The summed E-state index contributed by atoms with van der Waals surface area (Å²) >= 11 is 0. The fraction of sp³-hybridized carbons (Fsp3) is 0.429. The highest BCUT2D eigenvalue weighted by Crippen LogP contribution is 2.41. The van der Waals surface area contributed by atoms with Crippen LogP contribution < -0.4 is 10.6 Å². The number of pyridine rings is 1. The van der Waals surface area contributed by atoms with E-state index in [0.29, 0.717) is 12.0 Å². The molecule has 2 saturated heterocycles. The van der Waals surface area contributed by atoms with Crippen molar-refractivity contribution in [3.8, 4) is 11.1 Å². The number of carbonyl (C=O) groups is 1. The van der Waals surface area contributed by atoms with Crippen LogP contribution >= 0.6 is 0 Å². The van der Waals surface area contributed by atoms with Gasteiger partial charge in [0.05, 0.1) is 17.3 Å². The Kier molecular flexibility index (Phi) is 4.26. The maximum atomic E-state index is 12.8. The van der Waals surface area contributed by atoms with Crippen molar-refractivity contribution in [3.05, 3.63) is 53.9 Å². The van der Waals surface area contributed by atoms with E-state index >= 15 is 0 Å². The van der Waals surface area contributed by atoms with Crippen LogP contribution in [-0.2, 0) is 11.0 Å². The molecule has 4 rings (SSSR count). The van der Waals surface area contributed by atoms with Gasteiger partial charge in [-0.2, -0.15) is 13.2 Å². The Labute approximate surface area is 161 Å². The first-order chi connectivity index (χ1) is 13.1. The van der Waals surface area contributed by atoms with Crippen LogP contribution in [0.3, 0.4) is 0 Å². The lowest BCUT2D eigenvalue weighted by Crippen LogP contribution is -2.47. The first-order valence-corrected chi connectivity index (χ1v) is 9.32. The molecule has 28 heavy (non-hydrogen) atoms. The third-order valence-corrected chi connectivity index (χ3v) is 5.62. The van der Waals surface area contributed by atoms with Crippen molar-refractivity contribution < 1.29 is 18.0 Å². The average Bonchev–Trinajstić information content (AvgIpc) is 3.15. The summed E-state index contributed by atoms with van der Waals surface area (Å²) in [6.45, 7) is 4.02. The molecule has 1 spiro atoms. The van der Waals surface area contributed by atoms with E-state index in [1.165, 1.54) is 12.1 Å². The van der Waals surface area contributed by atoms with Crippen LogP contribution in [0.25, 0.3) is 11.1 Å². The van der Waals surface area contributed by atoms with Gasteiger partial charge in [0, 0.05) is 11.7 Å². The molecule has 1 aromatic carbocycles. The predicted octanol–water partition coefficient (Wildman–Crippen LogP) is 4.23. The lowest BCUT2D eigenvalue weighted by molar-refractivity contribution is -0.137. The minimum absolute atomic E-state index is 0.0268. The molecule has 2 aromatic rings. The molecule has 2 N–H and O–H groups in total. The summed E-state index contributed by atoms with van der Waals surface area (Å²) in [4.78, 5) is 17.0. The molecule has 2 fully saturated rings. The third-order valence-electron chi connectivity index (χ3n) is 5.62. The predicted molar refractivity (Wildman–Crippen MR) is 99.4 cm³/mol. The zero-order chi connectivity index (χ0) is 20.2. The first-order valence-electron chi connectivity index (χ1n) is 9.32. The molecular formula is C21H22F3N3O. The van der Waals surface area contributed by atoms with Crippen LogP contribution in [0.4, 0.5) is 13.2 Å². The first kappa shape index (κ1) is 18.9. The second-order valence-corrected chi connectivity index (χ2v) is 8.38. The van der Waals surface area contributed by atoms with E-state index in [1.54, 1.807) is 12.3 Å². The van der Waals surface area contributed by atoms with Crippen LogP contribution in [0.5, 0.6) is 0 Å². The molecule has 2 aliphatic rings. The van der Waals surface area contributed by atoms with Crippen LogP contribution in [0, 0.1) is 0 Å². The quantitative estimate of drug-likeness (QED) is 0.808. The number of nitrogens with one attached hydrogen (secondary N) is 2. The number of benzene rings is 1. The standard InChI is InChI=1S/C21H22F3N3O/c1-19(2)12-20(18(28)27-19)9-7-16(26-20)17-11-14(8-10-25-17)13-3-5-15(6-4-13)21(22,23)24/h3-6,8,10-11,16,26H,7,9,12H2,1-2H3,(H,27,28)/t16-,20+/m1/s1. The number of nitrogens with zero attached hydrogens (tertiary/aromatic N) is 1. The van der Waals surface area contributed by atoms with E-state index in [4.69, 9.17) is 0 Å². The van der Waals surface area contributed by atoms with Crippen molar-refractivity contribution in [1.82, 2.24) is 15.6 Å². The number of carbonyl (C=O) groups excluding carboxylic acids is 1. The van der Waals surface area contributed by atoms with Crippen LogP contribution in [0.1, 0.15) is 50.4 Å². The molecule has 148 valence electrons. The van der Waals surface area contributed by atoms with Gasteiger partial charge in [0.1, 0.15) is 5.54 Å². The van der Waals surface area contributed by atoms with E-state index in [1.807, 2.05) is 19.9 Å². The lowest BCUT2D eigenvalue weighted by Gasteiger charge is -2.23. The topological polar surface area (TPSA) is 54.0 Å². The van der Waals surface area contributed by atoms with Crippen molar-refractivity contribution in [1.29, 1.82) is 0 Å². The largest absolute Gasteiger partial charge is 0.416 e. The molecule has 2 atom stereocenters. The van der Waals surface area contributed by atoms with Gasteiger partial charge in [-0.25, -0.2) is 0 Å². The summed E-state index contributed by atoms with van der Waals surface area (Å²) in [6.07, 6.45) is -0.451. The molecule has 0 aliphatic carbocycles. The number of alkyl halides is 3. The molecule has 7 heteroatoms. The second-order valence-electron chi connectivity index (χ2n) is 8.38. The Balaban J connectivity index is 1.56. The fourth-order valence-corrected chi connectivity index (χ4v) is 4.38. The number of aromatic nitrogens is 1. The molecule has 4 nitrogen and oxygen atoms in total. The zero-order valence-corrected chi connectivity index (χ0v) is 15.7. The van der Waals surface area contributed by atoms with Gasteiger partial charge in [-0.05, 0) is 68.5 Å². The van der Waals surface area contributed by atoms with Gasteiger partial charge in [0.2, 0.25) is 5.91 Å². The maximum absolute atomic E-state index is 12.8. The van der Waals surface area contributed by atoms with Gasteiger partial charge < -0.3 is 5.32 Å². The van der Waals surface area contributed by atoms with Gasteiger partial charge in [-0.3, -0.25) is 15.1 Å². The van der Waals surface area contributed by atoms with Gasteiger partial charge in [0.25, 0.3) is 0 Å². The van der Waals surface area contributed by atoms with Crippen molar-refractivity contribution in [2.24, 2.45) is 0 Å². The number of hydrogen-bond donors (Lipinski definition) is 2. The minimum Gasteiger partial charge on any atom is -0.350 e. The molecule has 2 aliphatic heterocycles. The number of halogens is 3. The Morgan fingerprint density at radius 2 is 1.82 bits per heavy atom. The molecule has 0 unspecified atom stereocenters. The number of amides is 1. The highest BCUT2D eigenvalue weighted by molar-refractivity contribution is 5.90. The van der Waals surface area contributed by atoms with Gasteiger partial charge in [-0.15, -0.1) is 0 Å². The van der Waals surface area contributed by atoms with Crippen LogP contribution in [0.15, 0.2) is 42.6 Å². The number of hydrogen-bond acceptors (Lipinski definition) is 3. The van der Waals surface area contributed by atoms with E-state index in [0.717, 1.165) is 36.2 Å². The Bertz CT molecular complexity index is 908. The molecule has 0 bridgehead atoms.